The highest BCUT2D eigenvalue weighted by molar-refractivity contribution is 8.17. The van der Waals surface area contributed by atoms with Crippen LogP contribution in [0.25, 0.3) is 0 Å². The van der Waals surface area contributed by atoms with Crippen molar-refractivity contribution < 1.29 is 42.7 Å². The number of aliphatic hydroxyl groups excluding tert-OH is 1. The number of rotatable bonds is 11. The molecule has 4 aromatic rings. The number of cyclic esters (lactones) is 1. The first-order valence-electron chi connectivity index (χ1n) is 14.1. The molecule has 2 heterocycles. The van der Waals surface area contributed by atoms with Gasteiger partial charge in [-0.3, -0.25) is 0 Å². The highest BCUT2D eigenvalue weighted by atomic mass is 32.2. The van der Waals surface area contributed by atoms with Gasteiger partial charge in [0, 0.05) is 9.79 Å². The molecule has 0 amide bonds. The Labute approximate surface area is 268 Å². The highest BCUT2D eigenvalue weighted by Crippen LogP contribution is 2.64. The van der Waals surface area contributed by atoms with E-state index in [-0.39, 0.29) is 36.2 Å². The fraction of sp³-hybridized carbons (Fsp3) is 0.265. The van der Waals surface area contributed by atoms with Gasteiger partial charge in [0.15, 0.2) is 23.0 Å². The maximum Gasteiger partial charge on any atom is 0.347 e. The number of benzene rings is 4. The first-order chi connectivity index (χ1) is 21.8. The van der Waals surface area contributed by atoms with Crippen LogP contribution in [0.1, 0.15) is 17.2 Å². The molecule has 0 aromatic heterocycles. The molecule has 8 nitrogen and oxygen atoms in total. The molecule has 45 heavy (non-hydrogen) atoms. The molecule has 2 aliphatic heterocycles. The molecule has 1 fully saturated rings. The van der Waals surface area contributed by atoms with Gasteiger partial charge in [-0.2, -0.15) is 0 Å². The van der Waals surface area contributed by atoms with Gasteiger partial charge < -0.3 is 33.5 Å². The molecule has 0 unspecified atom stereocenters. The molecule has 1 saturated heterocycles. The molecular weight excluding hydrogens is 619 g/mol. The summed E-state index contributed by atoms with van der Waals surface area (Å²) in [5.74, 6) is -0.649. The van der Waals surface area contributed by atoms with Gasteiger partial charge in [-0.25, -0.2) is 9.18 Å². The Morgan fingerprint density at radius 2 is 1.40 bits per heavy atom. The van der Waals surface area contributed by atoms with Crippen LogP contribution < -0.4 is 23.7 Å². The number of esters is 1. The van der Waals surface area contributed by atoms with E-state index in [0.717, 1.165) is 9.79 Å². The van der Waals surface area contributed by atoms with Crippen molar-refractivity contribution >= 4 is 29.5 Å². The quantitative estimate of drug-likeness (QED) is 0.106. The van der Waals surface area contributed by atoms with E-state index in [0.29, 0.717) is 17.1 Å². The minimum Gasteiger partial charge on any atom is -0.493 e. The van der Waals surface area contributed by atoms with Crippen LogP contribution in [0.4, 0.5) is 4.39 Å². The maximum atomic E-state index is 18.0. The molecule has 6 rings (SSSR count). The fourth-order valence-corrected chi connectivity index (χ4v) is 8.93. The highest BCUT2D eigenvalue weighted by Gasteiger charge is 2.67. The summed E-state index contributed by atoms with van der Waals surface area (Å²) < 4.78 is 50.0. The summed E-state index contributed by atoms with van der Waals surface area (Å²) in [5, 5.41) is 11.9. The molecule has 4 aromatic carbocycles. The van der Waals surface area contributed by atoms with Gasteiger partial charge in [0.2, 0.25) is 18.2 Å². The van der Waals surface area contributed by atoms with Crippen molar-refractivity contribution in [1.82, 2.24) is 0 Å². The average molecular weight is 651 g/mol. The number of hydrogen-bond donors (Lipinski definition) is 1. The molecule has 1 N–H and O–H groups in total. The topological polar surface area (TPSA) is 92.7 Å². The van der Waals surface area contributed by atoms with Crippen molar-refractivity contribution in [3.8, 4) is 28.7 Å². The molecule has 11 heteroatoms. The van der Waals surface area contributed by atoms with Gasteiger partial charge in [-0.05, 0) is 59.7 Å². The number of methoxy groups -OCH3 is 3. The minimum absolute atomic E-state index is 0.0569. The van der Waals surface area contributed by atoms with E-state index in [1.165, 1.54) is 57.0 Å². The van der Waals surface area contributed by atoms with Crippen LogP contribution in [-0.2, 0) is 13.6 Å². The van der Waals surface area contributed by atoms with Gasteiger partial charge in [0.25, 0.3) is 0 Å². The normalized spacial score (nSPS) is 19.6. The van der Waals surface area contributed by atoms with Gasteiger partial charge >= 0.3 is 5.97 Å². The number of carbonyl (C=O) groups excluding carboxylic acids is 1. The number of fused-ring (bicyclic) bond motifs is 1. The van der Waals surface area contributed by atoms with Crippen LogP contribution in [0, 0.1) is 5.92 Å². The standard InChI is InChI=1S/C34H31FO8S2/c1-38-27-16-21(17-28(39-2)30(27)40-3)31(36)33(35)29(19-41-32(33)37)34(44-23-10-6-4-7-11-23,45-24-12-8-5-9-13-24)22-14-15-25-26(18-22)43-20-42-25/h4-18,29,31,36H,19-20H2,1-3H3/t29-,31+,33+/m0/s1. The second-order valence-corrected chi connectivity index (χ2v) is 13.2. The van der Waals surface area contributed by atoms with Crippen molar-refractivity contribution in [1.29, 1.82) is 0 Å². The number of thioether (sulfide) groups is 2. The summed E-state index contributed by atoms with van der Waals surface area (Å²) in [7, 11) is 4.28. The van der Waals surface area contributed by atoms with Crippen LogP contribution in [0.2, 0.25) is 0 Å². The Kier molecular flexibility index (Phi) is 8.76. The fourth-order valence-electron chi connectivity index (χ4n) is 5.65. The summed E-state index contributed by atoms with van der Waals surface area (Å²) >= 11 is 2.76. The Morgan fingerprint density at radius 3 is 1.96 bits per heavy atom. The Bertz CT molecular complexity index is 1610. The number of ether oxygens (including phenoxy) is 6. The smallest absolute Gasteiger partial charge is 0.347 e. The van der Waals surface area contributed by atoms with Crippen LogP contribution in [0.15, 0.2) is 101 Å². The van der Waals surface area contributed by atoms with Crippen molar-refractivity contribution in [3.05, 3.63) is 102 Å². The second-order valence-electron chi connectivity index (χ2n) is 10.3. The van der Waals surface area contributed by atoms with E-state index < -0.39 is 27.7 Å². The number of halogens is 1. The van der Waals surface area contributed by atoms with Crippen LogP contribution >= 0.6 is 23.5 Å². The van der Waals surface area contributed by atoms with Crippen molar-refractivity contribution in [2.24, 2.45) is 5.92 Å². The van der Waals surface area contributed by atoms with Crippen molar-refractivity contribution in [2.75, 3.05) is 34.7 Å². The van der Waals surface area contributed by atoms with E-state index in [1.807, 2.05) is 72.8 Å². The Balaban J connectivity index is 1.57. The molecule has 0 aliphatic carbocycles. The first kappa shape index (κ1) is 30.9. The van der Waals surface area contributed by atoms with Crippen molar-refractivity contribution in [2.45, 2.75) is 25.6 Å². The lowest BCUT2D eigenvalue weighted by molar-refractivity contribution is -0.156. The number of aliphatic hydroxyl groups is 1. The van der Waals surface area contributed by atoms with E-state index >= 15 is 4.39 Å². The first-order valence-corrected chi connectivity index (χ1v) is 15.7. The lowest BCUT2D eigenvalue weighted by Crippen LogP contribution is -2.49. The van der Waals surface area contributed by atoms with E-state index in [4.69, 9.17) is 28.4 Å². The summed E-state index contributed by atoms with van der Waals surface area (Å²) in [6, 6.07) is 27.3. The molecule has 0 saturated carbocycles. The van der Waals surface area contributed by atoms with Gasteiger partial charge in [0.1, 0.15) is 16.8 Å². The largest absolute Gasteiger partial charge is 0.493 e. The van der Waals surface area contributed by atoms with E-state index in [9.17, 15) is 9.90 Å². The molecule has 2 aliphatic rings. The third-order valence-electron chi connectivity index (χ3n) is 7.86. The zero-order chi connectivity index (χ0) is 31.6. The van der Waals surface area contributed by atoms with Gasteiger partial charge in [-0.1, -0.05) is 42.5 Å². The third-order valence-corrected chi connectivity index (χ3v) is 11.0. The SMILES string of the molecule is COc1cc([C@@H](O)[C@@]2(F)C(=O)OC[C@@H]2C(Sc2ccccc2)(Sc2ccccc2)c2ccc3c(c2)OCO3)cc(OC)c1OC. The molecule has 0 spiro atoms. The zero-order valence-electron chi connectivity index (χ0n) is 24.7. The average Bonchev–Trinajstić information content (AvgIpc) is 3.68. The lowest BCUT2D eigenvalue weighted by atomic mass is 9.79. The molecule has 0 radical (unpaired) electrons. The molecule has 3 atom stereocenters. The van der Waals surface area contributed by atoms with Gasteiger partial charge in [-0.15, -0.1) is 23.5 Å². The molecule has 234 valence electrons. The summed E-state index contributed by atoms with van der Waals surface area (Å²) in [6.45, 7) is -0.244. The number of carbonyl (C=O) groups is 1. The zero-order valence-corrected chi connectivity index (χ0v) is 26.4. The van der Waals surface area contributed by atoms with Crippen molar-refractivity contribution in [3.63, 3.8) is 0 Å². The van der Waals surface area contributed by atoms with Crippen LogP contribution in [0.5, 0.6) is 28.7 Å². The third kappa shape index (κ3) is 5.53. The van der Waals surface area contributed by atoms with E-state index in [2.05, 4.69) is 0 Å². The molecular formula is C34H31FO8S2. The van der Waals surface area contributed by atoms with E-state index in [1.54, 1.807) is 6.07 Å². The van der Waals surface area contributed by atoms with Crippen LogP contribution in [0.3, 0.4) is 0 Å². The second kappa shape index (κ2) is 12.7. The summed E-state index contributed by atoms with van der Waals surface area (Å²) in [6.07, 6.45) is -1.97. The van der Waals surface area contributed by atoms with Crippen LogP contribution in [-0.4, -0.2) is 51.5 Å². The maximum absolute atomic E-state index is 18.0. The lowest BCUT2D eigenvalue weighted by Gasteiger charge is -2.42. The number of alkyl halides is 1. The monoisotopic (exact) mass is 650 g/mol. The van der Waals surface area contributed by atoms with Gasteiger partial charge in [0.05, 0.1) is 27.2 Å². The number of hydrogen-bond acceptors (Lipinski definition) is 10. The summed E-state index contributed by atoms with van der Waals surface area (Å²) in [4.78, 5) is 15.3. The minimum atomic E-state index is -2.91. The Hall–Kier alpha value is -4.06. The predicted octanol–water partition coefficient (Wildman–Crippen LogP) is 6.79. The Morgan fingerprint density at radius 1 is 0.822 bits per heavy atom. The molecule has 0 bridgehead atoms. The predicted molar refractivity (Wildman–Crippen MR) is 168 cm³/mol. The summed E-state index contributed by atoms with van der Waals surface area (Å²) in [5.41, 5.74) is -2.20.